The molecule has 0 saturated heterocycles. The molecule has 30 heavy (non-hydrogen) atoms. The SMILES string of the molecule is C=CC(=O)NCC1(c2n[nH]c3c2CC[C@@H](c2c(Cl)c(OC)cc(OC)c2Cl)C3)CC1. The summed E-state index contributed by atoms with van der Waals surface area (Å²) in [7, 11) is 3.16. The number of carbonyl (C=O) groups excluding carboxylic acids is 1. The normalized spacial score (nSPS) is 19.0. The van der Waals surface area contributed by atoms with Crippen LogP contribution in [0.25, 0.3) is 0 Å². The Morgan fingerprint density at radius 2 is 2.00 bits per heavy atom. The van der Waals surface area contributed by atoms with E-state index >= 15 is 0 Å². The molecule has 6 nitrogen and oxygen atoms in total. The van der Waals surface area contributed by atoms with E-state index in [1.807, 2.05) is 0 Å². The van der Waals surface area contributed by atoms with Gasteiger partial charge in [-0.15, -0.1) is 0 Å². The minimum absolute atomic E-state index is 0.0654. The largest absolute Gasteiger partial charge is 0.495 e. The van der Waals surface area contributed by atoms with Crippen molar-refractivity contribution in [2.45, 2.75) is 43.4 Å². The smallest absolute Gasteiger partial charge is 0.243 e. The number of H-pyrrole nitrogens is 1. The minimum atomic E-state index is -0.151. The average molecular weight is 450 g/mol. The molecular formula is C22H25Cl2N3O3. The molecule has 2 aromatic rings. The lowest BCUT2D eigenvalue weighted by Gasteiger charge is -2.26. The van der Waals surface area contributed by atoms with E-state index in [4.69, 9.17) is 32.7 Å². The van der Waals surface area contributed by atoms with E-state index in [0.29, 0.717) is 28.1 Å². The molecule has 0 unspecified atom stereocenters. The van der Waals surface area contributed by atoms with Crippen LogP contribution in [0.4, 0.5) is 0 Å². The molecule has 1 aromatic carbocycles. The summed E-state index contributed by atoms with van der Waals surface area (Å²) in [5.74, 6) is 1.09. The molecule has 0 aliphatic heterocycles. The van der Waals surface area contributed by atoms with Gasteiger partial charge in [-0.1, -0.05) is 29.8 Å². The number of nitrogens with zero attached hydrogens (tertiary/aromatic N) is 1. The van der Waals surface area contributed by atoms with Gasteiger partial charge in [0.2, 0.25) is 5.91 Å². The van der Waals surface area contributed by atoms with Crippen LogP contribution in [0.15, 0.2) is 18.7 Å². The molecule has 1 amide bonds. The Morgan fingerprint density at radius 3 is 2.57 bits per heavy atom. The van der Waals surface area contributed by atoms with Crippen molar-refractivity contribution in [3.05, 3.63) is 51.3 Å². The second-order valence-corrected chi connectivity index (χ2v) is 8.75. The molecule has 1 heterocycles. The van der Waals surface area contributed by atoms with Gasteiger partial charge < -0.3 is 14.8 Å². The first-order valence-corrected chi connectivity index (χ1v) is 10.8. The lowest BCUT2D eigenvalue weighted by molar-refractivity contribution is -0.116. The van der Waals surface area contributed by atoms with E-state index in [1.54, 1.807) is 20.3 Å². The van der Waals surface area contributed by atoms with Crippen LogP contribution in [-0.2, 0) is 23.1 Å². The second-order valence-electron chi connectivity index (χ2n) is 7.99. The van der Waals surface area contributed by atoms with Crippen LogP contribution in [-0.4, -0.2) is 36.9 Å². The van der Waals surface area contributed by atoms with Gasteiger partial charge >= 0.3 is 0 Å². The Kier molecular flexibility index (Phi) is 5.73. The van der Waals surface area contributed by atoms with Gasteiger partial charge in [0, 0.05) is 29.3 Å². The number of ether oxygens (including phenoxy) is 2. The molecular weight excluding hydrogens is 425 g/mol. The van der Waals surface area contributed by atoms with Gasteiger partial charge in [-0.2, -0.15) is 5.10 Å². The Morgan fingerprint density at radius 1 is 1.33 bits per heavy atom. The number of carbonyl (C=O) groups is 1. The fourth-order valence-electron chi connectivity index (χ4n) is 4.43. The maximum Gasteiger partial charge on any atom is 0.243 e. The first-order valence-electron chi connectivity index (χ1n) is 10.0. The number of aromatic amines is 1. The van der Waals surface area contributed by atoms with Crippen molar-refractivity contribution in [1.29, 1.82) is 0 Å². The minimum Gasteiger partial charge on any atom is -0.495 e. The second kappa shape index (κ2) is 8.16. The van der Waals surface area contributed by atoms with Crippen molar-refractivity contribution in [2.75, 3.05) is 20.8 Å². The fraction of sp³-hybridized carbons (Fsp3) is 0.455. The maximum atomic E-state index is 11.6. The summed E-state index contributed by atoms with van der Waals surface area (Å²) < 4.78 is 10.8. The van der Waals surface area contributed by atoms with Gasteiger partial charge in [0.15, 0.2) is 0 Å². The zero-order chi connectivity index (χ0) is 21.5. The molecule has 0 spiro atoms. The molecule has 2 N–H and O–H groups in total. The molecule has 2 aliphatic carbocycles. The fourth-order valence-corrected chi connectivity index (χ4v) is 5.24. The van der Waals surface area contributed by atoms with Gasteiger partial charge in [0.25, 0.3) is 0 Å². The van der Waals surface area contributed by atoms with Gasteiger partial charge in [-0.3, -0.25) is 9.89 Å². The molecule has 2 aliphatic rings. The van der Waals surface area contributed by atoms with Crippen molar-refractivity contribution in [1.82, 2.24) is 15.5 Å². The Labute approximate surface area is 185 Å². The van der Waals surface area contributed by atoms with Crippen molar-refractivity contribution < 1.29 is 14.3 Å². The van der Waals surface area contributed by atoms with Crippen LogP contribution in [0, 0.1) is 0 Å². The van der Waals surface area contributed by atoms with Crippen LogP contribution in [0.1, 0.15) is 47.7 Å². The summed E-state index contributed by atoms with van der Waals surface area (Å²) in [6, 6.07) is 1.71. The highest BCUT2D eigenvalue weighted by Crippen LogP contribution is 2.51. The third-order valence-electron chi connectivity index (χ3n) is 6.30. The van der Waals surface area contributed by atoms with E-state index in [1.165, 1.54) is 11.6 Å². The highest BCUT2D eigenvalue weighted by Gasteiger charge is 2.48. The van der Waals surface area contributed by atoms with Crippen molar-refractivity contribution in [2.24, 2.45) is 0 Å². The lowest BCUT2D eigenvalue weighted by atomic mass is 9.80. The third-order valence-corrected chi connectivity index (χ3v) is 7.08. The first-order chi connectivity index (χ1) is 14.4. The zero-order valence-corrected chi connectivity index (χ0v) is 18.6. The van der Waals surface area contributed by atoms with Crippen LogP contribution < -0.4 is 14.8 Å². The molecule has 160 valence electrons. The van der Waals surface area contributed by atoms with E-state index < -0.39 is 0 Å². The molecule has 4 rings (SSSR count). The third kappa shape index (κ3) is 3.56. The van der Waals surface area contributed by atoms with E-state index in [9.17, 15) is 4.79 Å². The number of nitrogens with one attached hydrogen (secondary N) is 2. The van der Waals surface area contributed by atoms with Gasteiger partial charge in [-0.05, 0) is 49.7 Å². The van der Waals surface area contributed by atoms with Gasteiger partial charge in [0.05, 0.1) is 30.0 Å². The lowest BCUT2D eigenvalue weighted by Crippen LogP contribution is -2.32. The average Bonchev–Trinajstić information content (AvgIpc) is 3.42. The Bertz CT molecular complexity index is 970. The summed E-state index contributed by atoms with van der Waals surface area (Å²) in [5, 5.41) is 11.9. The number of aromatic nitrogens is 2. The van der Waals surface area contributed by atoms with Crippen molar-refractivity contribution in [3.8, 4) is 11.5 Å². The van der Waals surface area contributed by atoms with Crippen molar-refractivity contribution in [3.63, 3.8) is 0 Å². The highest BCUT2D eigenvalue weighted by atomic mass is 35.5. The maximum absolute atomic E-state index is 11.6. The van der Waals surface area contributed by atoms with Crippen LogP contribution in [0.5, 0.6) is 11.5 Å². The van der Waals surface area contributed by atoms with Crippen LogP contribution >= 0.6 is 23.2 Å². The summed E-state index contributed by atoms with van der Waals surface area (Å²) in [6.45, 7) is 4.10. The Balaban J connectivity index is 1.61. The number of benzene rings is 1. The molecule has 1 saturated carbocycles. The molecule has 0 bridgehead atoms. The summed E-state index contributed by atoms with van der Waals surface area (Å²) in [5.41, 5.74) is 4.25. The summed E-state index contributed by atoms with van der Waals surface area (Å²) in [4.78, 5) is 11.6. The van der Waals surface area contributed by atoms with Crippen LogP contribution in [0.2, 0.25) is 10.0 Å². The highest BCUT2D eigenvalue weighted by molar-refractivity contribution is 6.38. The quantitative estimate of drug-likeness (QED) is 0.616. The zero-order valence-electron chi connectivity index (χ0n) is 17.1. The molecule has 1 aromatic heterocycles. The Hall–Kier alpha value is -2.18. The number of halogens is 2. The topological polar surface area (TPSA) is 76.2 Å². The molecule has 0 radical (unpaired) electrons. The predicted molar refractivity (Wildman–Crippen MR) is 117 cm³/mol. The van der Waals surface area contributed by atoms with Crippen LogP contribution in [0.3, 0.4) is 0 Å². The number of rotatable bonds is 7. The predicted octanol–water partition coefficient (Wildman–Crippen LogP) is 4.34. The number of fused-ring (bicyclic) bond motifs is 1. The van der Waals surface area contributed by atoms with Gasteiger partial charge in [0.1, 0.15) is 11.5 Å². The number of methoxy groups -OCH3 is 2. The van der Waals surface area contributed by atoms with Gasteiger partial charge in [-0.25, -0.2) is 0 Å². The number of amides is 1. The number of hydrogen-bond donors (Lipinski definition) is 2. The van der Waals surface area contributed by atoms with E-state index in [2.05, 4.69) is 22.1 Å². The summed E-state index contributed by atoms with van der Waals surface area (Å²) in [6.07, 6.45) is 5.87. The molecule has 1 atom stereocenters. The van der Waals surface area contributed by atoms with E-state index in [-0.39, 0.29) is 17.2 Å². The standard InChI is InChI=1S/C22H25Cl2N3O3/c1-4-17(28)25-11-22(7-8-22)21-13-6-5-12(9-14(13)26-27-21)18-19(23)15(29-2)10-16(30-3)20(18)24/h4,10,12H,1,5-9,11H2,2-3H3,(H,25,28)(H,26,27)/t12-/m1/s1. The monoisotopic (exact) mass is 449 g/mol. The first kappa shape index (κ1) is 21.1. The molecule has 8 heteroatoms. The number of hydrogen-bond acceptors (Lipinski definition) is 4. The van der Waals surface area contributed by atoms with E-state index in [0.717, 1.165) is 49.1 Å². The van der Waals surface area contributed by atoms with Crippen molar-refractivity contribution >= 4 is 29.1 Å². The molecule has 1 fully saturated rings. The summed E-state index contributed by atoms with van der Waals surface area (Å²) >= 11 is 13.3.